The molecule has 1 aromatic carbocycles. The fraction of sp³-hybridized carbons (Fsp3) is 0.500. The molecule has 0 aliphatic heterocycles. The zero-order valence-electron chi connectivity index (χ0n) is 10.4. The lowest BCUT2D eigenvalue weighted by molar-refractivity contribution is 0.263. The molecule has 1 aromatic rings. The second kappa shape index (κ2) is 6.32. The second-order valence-corrected chi connectivity index (χ2v) is 3.64. The molecule has 0 aromatic heterocycles. The van der Waals surface area contributed by atoms with Crippen LogP contribution in [0.25, 0.3) is 0 Å². The van der Waals surface area contributed by atoms with Crippen LogP contribution in [0.15, 0.2) is 12.1 Å². The number of hydrogen-bond acceptors (Lipinski definition) is 5. The molecular formula is C12H19NO4. The fourth-order valence-electron chi connectivity index (χ4n) is 1.67. The average Bonchev–Trinajstić information content (AvgIpc) is 2.37. The summed E-state index contributed by atoms with van der Waals surface area (Å²) in [6, 6.07) is 3.33. The number of hydrogen-bond donors (Lipinski definition) is 2. The Labute approximate surface area is 101 Å². The number of rotatable bonds is 6. The number of ether oxygens (including phenoxy) is 3. The van der Waals surface area contributed by atoms with E-state index < -0.39 is 0 Å². The predicted molar refractivity (Wildman–Crippen MR) is 64.9 cm³/mol. The minimum atomic E-state index is -0.318. The Morgan fingerprint density at radius 3 is 2.24 bits per heavy atom. The van der Waals surface area contributed by atoms with Crippen LogP contribution in [0, 0.1) is 0 Å². The number of methoxy groups -OCH3 is 3. The lowest BCUT2D eigenvalue weighted by Crippen LogP contribution is -2.27. The van der Waals surface area contributed by atoms with Crippen molar-refractivity contribution in [1.29, 1.82) is 0 Å². The molecular weight excluding hydrogens is 222 g/mol. The number of nitrogens with two attached hydrogens (primary N) is 1. The lowest BCUT2D eigenvalue weighted by atomic mass is 10.0. The van der Waals surface area contributed by atoms with Gasteiger partial charge in [0.05, 0.1) is 27.9 Å². The van der Waals surface area contributed by atoms with Gasteiger partial charge < -0.3 is 25.1 Å². The third kappa shape index (κ3) is 3.01. The van der Waals surface area contributed by atoms with Crippen LogP contribution >= 0.6 is 0 Å². The molecule has 1 unspecified atom stereocenters. The van der Waals surface area contributed by atoms with Crippen LogP contribution < -0.4 is 19.9 Å². The Morgan fingerprint density at radius 1 is 1.12 bits per heavy atom. The van der Waals surface area contributed by atoms with Gasteiger partial charge in [-0.1, -0.05) is 6.07 Å². The van der Waals surface area contributed by atoms with E-state index in [2.05, 4.69) is 0 Å². The second-order valence-electron chi connectivity index (χ2n) is 3.64. The molecule has 0 amide bonds. The first kappa shape index (κ1) is 13.6. The molecule has 1 rings (SSSR count). The zero-order chi connectivity index (χ0) is 12.8. The van der Waals surface area contributed by atoms with Gasteiger partial charge in [0.1, 0.15) is 0 Å². The van der Waals surface area contributed by atoms with E-state index in [4.69, 9.17) is 25.1 Å². The first-order chi connectivity index (χ1) is 8.17. The molecule has 0 saturated carbocycles. The van der Waals surface area contributed by atoms with Crippen molar-refractivity contribution in [1.82, 2.24) is 0 Å². The van der Waals surface area contributed by atoms with Crippen molar-refractivity contribution in [3.05, 3.63) is 17.7 Å². The van der Waals surface area contributed by atoms with E-state index in [0.717, 1.165) is 5.56 Å². The van der Waals surface area contributed by atoms with Gasteiger partial charge in [-0.15, -0.1) is 0 Å². The van der Waals surface area contributed by atoms with Gasteiger partial charge >= 0.3 is 0 Å². The van der Waals surface area contributed by atoms with Crippen molar-refractivity contribution in [2.45, 2.75) is 12.5 Å². The first-order valence-corrected chi connectivity index (χ1v) is 5.32. The van der Waals surface area contributed by atoms with E-state index in [9.17, 15) is 0 Å². The summed E-state index contributed by atoms with van der Waals surface area (Å²) >= 11 is 0. The summed E-state index contributed by atoms with van der Waals surface area (Å²) in [7, 11) is 4.68. The van der Waals surface area contributed by atoms with Gasteiger partial charge in [0.2, 0.25) is 5.75 Å². The Balaban J connectivity index is 3.14. The molecule has 0 fully saturated rings. The standard InChI is InChI=1S/C12H19NO4/c1-15-10-5-4-8(6-9(13)7-14)11(16-2)12(10)17-3/h4-5,9,14H,6-7,13H2,1-3H3. The van der Waals surface area contributed by atoms with E-state index in [1.54, 1.807) is 27.4 Å². The van der Waals surface area contributed by atoms with E-state index in [1.165, 1.54) is 0 Å². The maximum absolute atomic E-state index is 8.97. The molecule has 0 bridgehead atoms. The summed E-state index contributed by atoms with van der Waals surface area (Å²) in [5.74, 6) is 1.74. The van der Waals surface area contributed by atoms with Gasteiger partial charge in [-0.25, -0.2) is 0 Å². The summed E-state index contributed by atoms with van der Waals surface area (Å²) in [5, 5.41) is 8.97. The van der Waals surface area contributed by atoms with Gasteiger partial charge in [0.15, 0.2) is 11.5 Å². The topological polar surface area (TPSA) is 73.9 Å². The Kier molecular flexibility index (Phi) is 5.06. The average molecular weight is 241 g/mol. The van der Waals surface area contributed by atoms with Crippen molar-refractivity contribution in [2.24, 2.45) is 5.73 Å². The van der Waals surface area contributed by atoms with Crippen LogP contribution in [0.4, 0.5) is 0 Å². The third-order valence-electron chi connectivity index (χ3n) is 2.50. The third-order valence-corrected chi connectivity index (χ3v) is 2.50. The van der Waals surface area contributed by atoms with E-state index in [-0.39, 0.29) is 12.6 Å². The molecule has 0 aliphatic rings. The summed E-state index contributed by atoms with van der Waals surface area (Å²) in [4.78, 5) is 0. The van der Waals surface area contributed by atoms with E-state index in [1.807, 2.05) is 6.07 Å². The van der Waals surface area contributed by atoms with E-state index >= 15 is 0 Å². The van der Waals surface area contributed by atoms with Crippen molar-refractivity contribution < 1.29 is 19.3 Å². The van der Waals surface area contributed by atoms with E-state index in [0.29, 0.717) is 23.7 Å². The van der Waals surface area contributed by atoms with Crippen LogP contribution in [-0.4, -0.2) is 39.1 Å². The highest BCUT2D eigenvalue weighted by Crippen LogP contribution is 2.39. The molecule has 96 valence electrons. The van der Waals surface area contributed by atoms with Crippen molar-refractivity contribution in [3.8, 4) is 17.2 Å². The minimum Gasteiger partial charge on any atom is -0.493 e. The maximum Gasteiger partial charge on any atom is 0.203 e. The largest absolute Gasteiger partial charge is 0.493 e. The smallest absolute Gasteiger partial charge is 0.203 e. The number of aliphatic hydroxyl groups is 1. The molecule has 0 heterocycles. The van der Waals surface area contributed by atoms with Crippen molar-refractivity contribution in [3.63, 3.8) is 0 Å². The Hall–Kier alpha value is -1.46. The highest BCUT2D eigenvalue weighted by atomic mass is 16.5. The summed E-state index contributed by atoms with van der Waals surface area (Å²) in [6.45, 7) is -0.0719. The predicted octanol–water partition coefficient (Wildman–Crippen LogP) is 0.575. The fourth-order valence-corrected chi connectivity index (χ4v) is 1.67. The van der Waals surface area contributed by atoms with Crippen LogP contribution in [0.3, 0.4) is 0 Å². The molecule has 0 aliphatic carbocycles. The van der Waals surface area contributed by atoms with Crippen molar-refractivity contribution in [2.75, 3.05) is 27.9 Å². The lowest BCUT2D eigenvalue weighted by Gasteiger charge is -2.17. The first-order valence-electron chi connectivity index (χ1n) is 5.32. The van der Waals surface area contributed by atoms with Gasteiger partial charge in [0.25, 0.3) is 0 Å². The molecule has 1 atom stereocenters. The highest BCUT2D eigenvalue weighted by molar-refractivity contribution is 5.55. The van der Waals surface area contributed by atoms with Crippen LogP contribution in [0.5, 0.6) is 17.2 Å². The monoisotopic (exact) mass is 241 g/mol. The Bertz CT molecular complexity index is 368. The van der Waals surface area contributed by atoms with Gasteiger partial charge in [-0.3, -0.25) is 0 Å². The summed E-state index contributed by atoms with van der Waals surface area (Å²) in [5.41, 5.74) is 6.59. The van der Waals surface area contributed by atoms with Crippen LogP contribution in [0.1, 0.15) is 5.56 Å². The maximum atomic E-state index is 8.97. The van der Waals surface area contributed by atoms with Crippen LogP contribution in [0.2, 0.25) is 0 Å². The van der Waals surface area contributed by atoms with Crippen LogP contribution in [-0.2, 0) is 6.42 Å². The SMILES string of the molecule is COc1ccc(CC(N)CO)c(OC)c1OC. The molecule has 3 N–H and O–H groups in total. The summed E-state index contributed by atoms with van der Waals surface area (Å²) in [6.07, 6.45) is 0.514. The number of benzene rings is 1. The highest BCUT2D eigenvalue weighted by Gasteiger charge is 2.17. The van der Waals surface area contributed by atoms with Crippen molar-refractivity contribution >= 4 is 0 Å². The number of aliphatic hydroxyl groups excluding tert-OH is 1. The van der Waals surface area contributed by atoms with Gasteiger partial charge in [-0.2, -0.15) is 0 Å². The normalized spacial score (nSPS) is 12.1. The quantitative estimate of drug-likeness (QED) is 0.762. The zero-order valence-corrected chi connectivity index (χ0v) is 10.4. The van der Waals surface area contributed by atoms with Gasteiger partial charge in [0, 0.05) is 6.04 Å². The molecule has 17 heavy (non-hydrogen) atoms. The molecule has 0 spiro atoms. The molecule has 0 saturated heterocycles. The minimum absolute atomic E-state index is 0.0719. The van der Waals surface area contributed by atoms with Gasteiger partial charge in [-0.05, 0) is 18.1 Å². The molecule has 5 nitrogen and oxygen atoms in total. The Morgan fingerprint density at radius 2 is 1.76 bits per heavy atom. The summed E-state index contributed by atoms with van der Waals surface area (Å²) < 4.78 is 15.8. The molecule has 0 radical (unpaired) electrons. The molecule has 5 heteroatoms.